The number of hydrogen-bond acceptors (Lipinski definition) is 2. The summed E-state index contributed by atoms with van der Waals surface area (Å²) in [4.78, 5) is 2.27. The van der Waals surface area contributed by atoms with Gasteiger partial charge in [0, 0.05) is 17.3 Å². The molecular formula is C12H16ClNO. The number of rotatable bonds is 2. The number of halogens is 1. The second kappa shape index (κ2) is 4.03. The SMILES string of the molecule is CC1(CO)CCCN1c1ccc(Cl)cc1. The Balaban J connectivity index is 2.27. The zero-order valence-electron chi connectivity index (χ0n) is 8.91. The maximum absolute atomic E-state index is 9.44. The summed E-state index contributed by atoms with van der Waals surface area (Å²) in [6.07, 6.45) is 2.19. The van der Waals surface area contributed by atoms with E-state index in [0.717, 1.165) is 30.1 Å². The number of aliphatic hydroxyl groups excluding tert-OH is 1. The van der Waals surface area contributed by atoms with Gasteiger partial charge in [0.25, 0.3) is 0 Å². The van der Waals surface area contributed by atoms with Gasteiger partial charge in [0.15, 0.2) is 0 Å². The van der Waals surface area contributed by atoms with Gasteiger partial charge in [-0.1, -0.05) is 11.6 Å². The van der Waals surface area contributed by atoms with Gasteiger partial charge in [-0.2, -0.15) is 0 Å². The predicted molar refractivity (Wildman–Crippen MR) is 63.5 cm³/mol. The van der Waals surface area contributed by atoms with Crippen molar-refractivity contribution in [1.82, 2.24) is 0 Å². The summed E-state index contributed by atoms with van der Waals surface area (Å²) in [6.45, 7) is 3.32. The third-order valence-electron chi connectivity index (χ3n) is 3.23. The van der Waals surface area contributed by atoms with E-state index in [9.17, 15) is 5.11 Å². The first-order valence-electron chi connectivity index (χ1n) is 5.30. The lowest BCUT2D eigenvalue weighted by atomic mass is 10.00. The lowest BCUT2D eigenvalue weighted by molar-refractivity contribution is 0.210. The van der Waals surface area contributed by atoms with E-state index in [1.807, 2.05) is 24.3 Å². The smallest absolute Gasteiger partial charge is 0.0661 e. The van der Waals surface area contributed by atoms with E-state index in [1.165, 1.54) is 0 Å². The normalized spacial score (nSPS) is 25.9. The van der Waals surface area contributed by atoms with Crippen LogP contribution in [0.1, 0.15) is 19.8 Å². The minimum Gasteiger partial charge on any atom is -0.394 e. The lowest BCUT2D eigenvalue weighted by Crippen LogP contribution is -2.44. The molecule has 0 aromatic heterocycles. The first-order chi connectivity index (χ1) is 7.15. The molecule has 1 aliphatic heterocycles. The van der Waals surface area contributed by atoms with E-state index >= 15 is 0 Å². The van der Waals surface area contributed by atoms with Gasteiger partial charge in [0.2, 0.25) is 0 Å². The Morgan fingerprint density at radius 3 is 2.67 bits per heavy atom. The highest BCUT2D eigenvalue weighted by Crippen LogP contribution is 2.33. The average molecular weight is 226 g/mol. The van der Waals surface area contributed by atoms with Crippen LogP contribution < -0.4 is 4.90 Å². The molecule has 1 unspecified atom stereocenters. The van der Waals surface area contributed by atoms with Crippen LogP contribution in [-0.2, 0) is 0 Å². The molecular weight excluding hydrogens is 210 g/mol. The van der Waals surface area contributed by atoms with Crippen molar-refractivity contribution in [2.75, 3.05) is 18.1 Å². The second-order valence-corrected chi connectivity index (χ2v) is 4.82. The van der Waals surface area contributed by atoms with Crippen LogP contribution in [0.4, 0.5) is 5.69 Å². The molecule has 0 saturated carbocycles. The summed E-state index contributed by atoms with van der Waals surface area (Å²) < 4.78 is 0. The first-order valence-corrected chi connectivity index (χ1v) is 5.68. The van der Waals surface area contributed by atoms with E-state index in [-0.39, 0.29) is 12.1 Å². The first kappa shape index (κ1) is 10.8. The van der Waals surface area contributed by atoms with Crippen LogP contribution in [0.15, 0.2) is 24.3 Å². The summed E-state index contributed by atoms with van der Waals surface area (Å²) in [5.41, 5.74) is 1.04. The maximum atomic E-state index is 9.44. The monoisotopic (exact) mass is 225 g/mol. The number of hydrogen-bond donors (Lipinski definition) is 1. The van der Waals surface area contributed by atoms with E-state index in [2.05, 4.69) is 11.8 Å². The zero-order valence-corrected chi connectivity index (χ0v) is 9.67. The minimum atomic E-state index is -0.103. The number of nitrogens with zero attached hydrogens (tertiary/aromatic N) is 1. The summed E-state index contributed by atoms with van der Waals surface area (Å²) in [7, 11) is 0. The van der Waals surface area contributed by atoms with Crippen LogP contribution in [0.25, 0.3) is 0 Å². The summed E-state index contributed by atoms with van der Waals surface area (Å²) in [5.74, 6) is 0. The zero-order chi connectivity index (χ0) is 10.9. The Morgan fingerprint density at radius 1 is 1.40 bits per heavy atom. The van der Waals surface area contributed by atoms with Gasteiger partial charge in [-0.25, -0.2) is 0 Å². The van der Waals surface area contributed by atoms with Crippen molar-refractivity contribution in [2.45, 2.75) is 25.3 Å². The predicted octanol–water partition coefficient (Wildman–Crippen LogP) is 2.69. The molecule has 1 aromatic rings. The van der Waals surface area contributed by atoms with Crippen molar-refractivity contribution >= 4 is 17.3 Å². The molecule has 0 bridgehead atoms. The van der Waals surface area contributed by atoms with E-state index in [0.29, 0.717) is 0 Å². The number of anilines is 1. The van der Waals surface area contributed by atoms with Crippen molar-refractivity contribution in [3.05, 3.63) is 29.3 Å². The highest BCUT2D eigenvalue weighted by atomic mass is 35.5. The van der Waals surface area contributed by atoms with E-state index in [4.69, 9.17) is 11.6 Å². The van der Waals surface area contributed by atoms with E-state index < -0.39 is 0 Å². The fourth-order valence-corrected chi connectivity index (χ4v) is 2.38. The number of aliphatic hydroxyl groups is 1. The van der Waals surface area contributed by atoms with Crippen molar-refractivity contribution in [2.24, 2.45) is 0 Å². The third-order valence-corrected chi connectivity index (χ3v) is 3.48. The van der Waals surface area contributed by atoms with Crippen molar-refractivity contribution in [3.63, 3.8) is 0 Å². The molecule has 0 amide bonds. The quantitative estimate of drug-likeness (QED) is 0.837. The van der Waals surface area contributed by atoms with Crippen molar-refractivity contribution in [1.29, 1.82) is 0 Å². The van der Waals surface area contributed by atoms with Gasteiger partial charge < -0.3 is 10.0 Å². The molecule has 1 atom stereocenters. The fourth-order valence-electron chi connectivity index (χ4n) is 2.25. The van der Waals surface area contributed by atoms with Crippen LogP contribution >= 0.6 is 11.6 Å². The Morgan fingerprint density at radius 2 is 2.07 bits per heavy atom. The molecule has 2 nitrogen and oxygen atoms in total. The molecule has 1 aromatic carbocycles. The molecule has 1 saturated heterocycles. The molecule has 15 heavy (non-hydrogen) atoms. The molecule has 0 aliphatic carbocycles. The van der Waals surface area contributed by atoms with Gasteiger partial charge in [-0.3, -0.25) is 0 Å². The molecule has 0 radical (unpaired) electrons. The standard InChI is InChI=1S/C12H16ClNO/c1-12(9-15)7-2-8-14(12)11-5-3-10(13)4-6-11/h3-6,15H,2,7-9H2,1H3. The highest BCUT2D eigenvalue weighted by molar-refractivity contribution is 6.30. The highest BCUT2D eigenvalue weighted by Gasteiger charge is 2.35. The van der Waals surface area contributed by atoms with Crippen LogP contribution in [-0.4, -0.2) is 23.8 Å². The molecule has 2 rings (SSSR count). The van der Waals surface area contributed by atoms with Crippen LogP contribution in [0.5, 0.6) is 0 Å². The van der Waals surface area contributed by atoms with Gasteiger partial charge in [-0.05, 0) is 44.0 Å². The molecule has 1 N–H and O–H groups in total. The topological polar surface area (TPSA) is 23.5 Å². The Bertz CT molecular complexity index is 338. The van der Waals surface area contributed by atoms with Gasteiger partial charge in [0.05, 0.1) is 12.1 Å². The largest absolute Gasteiger partial charge is 0.394 e. The van der Waals surface area contributed by atoms with Crippen LogP contribution in [0.2, 0.25) is 5.02 Å². The van der Waals surface area contributed by atoms with E-state index in [1.54, 1.807) is 0 Å². The molecule has 1 fully saturated rings. The minimum absolute atomic E-state index is 0.103. The summed E-state index contributed by atoms with van der Waals surface area (Å²) in [5, 5.41) is 10.2. The average Bonchev–Trinajstić information content (AvgIpc) is 2.63. The molecule has 1 heterocycles. The van der Waals surface area contributed by atoms with Crippen LogP contribution in [0, 0.1) is 0 Å². The molecule has 1 aliphatic rings. The third kappa shape index (κ3) is 1.97. The molecule has 82 valence electrons. The maximum Gasteiger partial charge on any atom is 0.0661 e. The van der Waals surface area contributed by atoms with Crippen molar-refractivity contribution < 1.29 is 5.11 Å². The molecule has 0 spiro atoms. The Hall–Kier alpha value is -0.730. The summed E-state index contributed by atoms with van der Waals surface area (Å²) in [6, 6.07) is 7.82. The lowest BCUT2D eigenvalue weighted by Gasteiger charge is -2.35. The van der Waals surface area contributed by atoms with Gasteiger partial charge in [-0.15, -0.1) is 0 Å². The Labute approximate surface area is 95.5 Å². The van der Waals surface area contributed by atoms with Gasteiger partial charge >= 0.3 is 0 Å². The van der Waals surface area contributed by atoms with Crippen molar-refractivity contribution in [3.8, 4) is 0 Å². The van der Waals surface area contributed by atoms with Gasteiger partial charge in [0.1, 0.15) is 0 Å². The second-order valence-electron chi connectivity index (χ2n) is 4.39. The number of benzene rings is 1. The Kier molecular flexibility index (Phi) is 2.89. The molecule has 3 heteroatoms. The fraction of sp³-hybridized carbons (Fsp3) is 0.500. The van der Waals surface area contributed by atoms with Crippen LogP contribution in [0.3, 0.4) is 0 Å². The summed E-state index contributed by atoms with van der Waals surface area (Å²) >= 11 is 5.86.